The number of nitrogens with one attached hydrogen (secondary N) is 1. The van der Waals surface area contributed by atoms with Crippen molar-refractivity contribution in [3.63, 3.8) is 0 Å². The van der Waals surface area contributed by atoms with Gasteiger partial charge < -0.3 is 10.4 Å². The Labute approximate surface area is 63.1 Å². The van der Waals surface area contributed by atoms with Crippen molar-refractivity contribution in [1.29, 1.82) is 0 Å². The Balaban J connectivity index is 3.01. The normalized spacial score (nSPS) is 9.18. The minimum Gasteiger partial charge on any atom is -0.475 e. The van der Waals surface area contributed by atoms with Gasteiger partial charge >= 0.3 is 5.97 Å². The number of hydrogen-bond donors (Lipinski definition) is 2. The molecule has 0 unspecified atom stereocenters. The van der Waals surface area contributed by atoms with Gasteiger partial charge in [0.15, 0.2) is 0 Å². The molecule has 0 aromatic carbocycles. The van der Waals surface area contributed by atoms with Gasteiger partial charge in [-0.3, -0.25) is 0 Å². The molecule has 0 amide bonds. The number of rotatable bonds is 2. The van der Waals surface area contributed by atoms with Gasteiger partial charge in [-0.2, -0.15) is 0 Å². The third kappa shape index (κ3) is 1.64. The van der Waals surface area contributed by atoms with E-state index in [1.54, 1.807) is 13.1 Å². The van der Waals surface area contributed by atoms with Gasteiger partial charge in [-0.15, -0.1) is 0 Å². The molecular formula is C6H7N3O2. The molecule has 5 nitrogen and oxygen atoms in total. The summed E-state index contributed by atoms with van der Waals surface area (Å²) in [5.41, 5.74) is 0. The first-order valence-electron chi connectivity index (χ1n) is 2.98. The molecule has 1 heterocycles. The highest BCUT2D eigenvalue weighted by molar-refractivity contribution is 5.83. The zero-order valence-electron chi connectivity index (χ0n) is 5.90. The van der Waals surface area contributed by atoms with E-state index in [1.807, 2.05) is 0 Å². The van der Waals surface area contributed by atoms with Crippen LogP contribution in [-0.4, -0.2) is 28.1 Å². The molecule has 1 aromatic heterocycles. The van der Waals surface area contributed by atoms with E-state index in [1.165, 1.54) is 6.20 Å². The molecule has 2 N–H and O–H groups in total. The Morgan fingerprint density at radius 3 is 3.00 bits per heavy atom. The summed E-state index contributed by atoms with van der Waals surface area (Å²) >= 11 is 0. The molecule has 1 rings (SSSR count). The number of carbonyl (C=O) groups is 1. The highest BCUT2D eigenvalue weighted by Crippen LogP contribution is 1.99. The van der Waals surface area contributed by atoms with Crippen LogP contribution in [0.1, 0.15) is 10.6 Å². The number of aromatic nitrogens is 2. The minimum absolute atomic E-state index is 0.197. The van der Waals surface area contributed by atoms with Crippen molar-refractivity contribution < 1.29 is 9.90 Å². The first-order valence-corrected chi connectivity index (χ1v) is 2.98. The average molecular weight is 153 g/mol. The number of carboxylic acids is 1. The fraction of sp³-hybridized carbons (Fsp3) is 0.167. The topological polar surface area (TPSA) is 75.1 Å². The Morgan fingerprint density at radius 1 is 1.73 bits per heavy atom. The summed E-state index contributed by atoms with van der Waals surface area (Å²) in [6.07, 6.45) is 1.39. The van der Waals surface area contributed by atoms with Gasteiger partial charge in [-0.25, -0.2) is 14.8 Å². The molecule has 0 spiro atoms. The Hall–Kier alpha value is -1.65. The smallest absolute Gasteiger partial charge is 0.374 e. The van der Waals surface area contributed by atoms with E-state index in [9.17, 15) is 4.79 Å². The largest absolute Gasteiger partial charge is 0.475 e. The summed E-state index contributed by atoms with van der Waals surface area (Å²) in [6.45, 7) is 0. The second-order valence-corrected chi connectivity index (χ2v) is 1.82. The number of aromatic carboxylic acids is 1. The van der Waals surface area contributed by atoms with Gasteiger partial charge in [0, 0.05) is 13.2 Å². The third-order valence-corrected chi connectivity index (χ3v) is 1.10. The summed E-state index contributed by atoms with van der Waals surface area (Å²) in [7, 11) is 1.66. The predicted octanol–water partition coefficient (Wildman–Crippen LogP) is 0.216. The third-order valence-electron chi connectivity index (χ3n) is 1.10. The average Bonchev–Trinajstić information content (AvgIpc) is 2.05. The number of anilines is 1. The summed E-state index contributed by atoms with van der Waals surface area (Å²) in [6, 6.07) is 1.59. The zero-order chi connectivity index (χ0) is 8.27. The lowest BCUT2D eigenvalue weighted by Crippen LogP contribution is -2.05. The summed E-state index contributed by atoms with van der Waals surface area (Å²) in [5, 5.41) is 11.2. The van der Waals surface area contributed by atoms with Crippen LogP contribution in [0.5, 0.6) is 0 Å². The fourth-order valence-corrected chi connectivity index (χ4v) is 0.601. The minimum atomic E-state index is -1.12. The van der Waals surface area contributed by atoms with Crippen molar-refractivity contribution in [2.45, 2.75) is 0 Å². The molecule has 0 radical (unpaired) electrons. The summed E-state index contributed by atoms with van der Waals surface area (Å²) in [4.78, 5) is 17.5. The van der Waals surface area contributed by atoms with Crippen LogP contribution in [-0.2, 0) is 0 Å². The first kappa shape index (κ1) is 7.46. The molecular weight excluding hydrogens is 146 g/mol. The lowest BCUT2D eigenvalue weighted by atomic mass is 10.5. The maximum atomic E-state index is 10.3. The Kier molecular flexibility index (Phi) is 2.00. The van der Waals surface area contributed by atoms with Gasteiger partial charge in [0.1, 0.15) is 5.82 Å². The fourth-order valence-electron chi connectivity index (χ4n) is 0.601. The standard InChI is InChI=1S/C6H7N3O2/c1-7-4-2-3-8-5(9-4)6(10)11/h2-3H,1H3,(H,10,11)(H,7,8,9). The molecule has 0 fully saturated rings. The lowest BCUT2D eigenvalue weighted by molar-refractivity contribution is 0.0683. The first-order chi connectivity index (χ1) is 5.24. The van der Waals surface area contributed by atoms with E-state index < -0.39 is 5.97 Å². The Morgan fingerprint density at radius 2 is 2.45 bits per heavy atom. The van der Waals surface area contributed by atoms with Crippen molar-refractivity contribution in [1.82, 2.24) is 9.97 Å². The van der Waals surface area contributed by atoms with Gasteiger partial charge in [0.05, 0.1) is 0 Å². The molecule has 5 heteroatoms. The van der Waals surface area contributed by atoms with Gasteiger partial charge in [-0.1, -0.05) is 0 Å². The van der Waals surface area contributed by atoms with Crippen LogP contribution in [0.15, 0.2) is 12.3 Å². The van der Waals surface area contributed by atoms with Crippen LogP contribution in [0.4, 0.5) is 5.82 Å². The molecule has 0 aliphatic heterocycles. The monoisotopic (exact) mass is 153 g/mol. The molecule has 58 valence electrons. The predicted molar refractivity (Wildman–Crippen MR) is 38.5 cm³/mol. The van der Waals surface area contributed by atoms with Crippen molar-refractivity contribution in [3.8, 4) is 0 Å². The van der Waals surface area contributed by atoms with E-state index in [2.05, 4.69) is 15.3 Å². The van der Waals surface area contributed by atoms with Crippen LogP contribution in [0.3, 0.4) is 0 Å². The molecule has 0 atom stereocenters. The highest BCUT2D eigenvalue weighted by Gasteiger charge is 2.05. The van der Waals surface area contributed by atoms with Crippen molar-refractivity contribution in [2.24, 2.45) is 0 Å². The lowest BCUT2D eigenvalue weighted by Gasteiger charge is -1.97. The van der Waals surface area contributed by atoms with Gasteiger partial charge in [0.2, 0.25) is 5.82 Å². The van der Waals surface area contributed by atoms with Gasteiger partial charge in [0.25, 0.3) is 0 Å². The quantitative estimate of drug-likeness (QED) is 0.635. The number of carboxylic acid groups (broad SMARTS) is 1. The zero-order valence-corrected chi connectivity index (χ0v) is 5.90. The van der Waals surface area contributed by atoms with Crippen LogP contribution < -0.4 is 5.32 Å². The van der Waals surface area contributed by atoms with E-state index >= 15 is 0 Å². The van der Waals surface area contributed by atoms with Crippen LogP contribution in [0, 0.1) is 0 Å². The number of nitrogens with zero attached hydrogens (tertiary/aromatic N) is 2. The van der Waals surface area contributed by atoms with Crippen molar-refractivity contribution in [3.05, 3.63) is 18.1 Å². The SMILES string of the molecule is CNc1ccnc(C(=O)O)n1. The maximum absolute atomic E-state index is 10.3. The molecule has 0 saturated carbocycles. The van der Waals surface area contributed by atoms with E-state index in [0.717, 1.165) is 0 Å². The van der Waals surface area contributed by atoms with Crippen molar-refractivity contribution in [2.75, 3.05) is 12.4 Å². The molecule has 0 aliphatic rings. The maximum Gasteiger partial charge on any atom is 0.374 e. The molecule has 0 bridgehead atoms. The van der Waals surface area contributed by atoms with E-state index in [-0.39, 0.29) is 5.82 Å². The van der Waals surface area contributed by atoms with Crippen molar-refractivity contribution >= 4 is 11.8 Å². The molecule has 11 heavy (non-hydrogen) atoms. The van der Waals surface area contributed by atoms with Crippen LogP contribution in [0.2, 0.25) is 0 Å². The summed E-state index contributed by atoms with van der Waals surface area (Å²) in [5.74, 6) is -0.823. The second-order valence-electron chi connectivity index (χ2n) is 1.82. The highest BCUT2D eigenvalue weighted by atomic mass is 16.4. The van der Waals surface area contributed by atoms with Gasteiger partial charge in [-0.05, 0) is 6.07 Å². The number of hydrogen-bond acceptors (Lipinski definition) is 4. The van der Waals surface area contributed by atoms with Crippen LogP contribution in [0.25, 0.3) is 0 Å². The van der Waals surface area contributed by atoms with E-state index in [4.69, 9.17) is 5.11 Å². The molecule has 1 aromatic rings. The Bertz CT molecular complexity index is 274. The summed E-state index contributed by atoms with van der Waals surface area (Å²) < 4.78 is 0. The molecule has 0 saturated heterocycles. The van der Waals surface area contributed by atoms with E-state index in [0.29, 0.717) is 5.82 Å². The molecule has 0 aliphatic carbocycles. The second kappa shape index (κ2) is 2.96. The van der Waals surface area contributed by atoms with Crippen LogP contribution >= 0.6 is 0 Å².